The molecule has 7 nitrogen and oxygen atoms in total. The van der Waals surface area contributed by atoms with Gasteiger partial charge in [-0.2, -0.15) is 9.40 Å². The maximum atomic E-state index is 12.4. The fourth-order valence-corrected chi connectivity index (χ4v) is 3.28. The third-order valence-electron chi connectivity index (χ3n) is 2.78. The van der Waals surface area contributed by atoms with Gasteiger partial charge in [-0.1, -0.05) is 0 Å². The van der Waals surface area contributed by atoms with Gasteiger partial charge in [-0.25, -0.2) is 13.4 Å². The smallest absolute Gasteiger partial charge is 0.246 e. The van der Waals surface area contributed by atoms with Gasteiger partial charge in [-0.3, -0.25) is 4.68 Å². The summed E-state index contributed by atoms with van der Waals surface area (Å²) in [6.45, 7) is 1.62. The number of thiazole rings is 1. The van der Waals surface area contributed by atoms with Crippen molar-refractivity contribution in [1.29, 1.82) is 0 Å². The van der Waals surface area contributed by atoms with Crippen molar-refractivity contribution in [3.63, 3.8) is 0 Å². The van der Waals surface area contributed by atoms with Gasteiger partial charge in [-0.15, -0.1) is 11.3 Å². The van der Waals surface area contributed by atoms with Crippen LogP contribution in [0.2, 0.25) is 0 Å². The van der Waals surface area contributed by atoms with Gasteiger partial charge in [0, 0.05) is 25.2 Å². The zero-order valence-corrected chi connectivity index (χ0v) is 13.0. The van der Waals surface area contributed by atoms with E-state index >= 15 is 0 Å². The lowest BCUT2D eigenvalue weighted by molar-refractivity contribution is 0.463. The number of aromatic nitrogens is 3. The van der Waals surface area contributed by atoms with E-state index < -0.39 is 10.0 Å². The Morgan fingerprint density at radius 2 is 2.30 bits per heavy atom. The summed E-state index contributed by atoms with van der Waals surface area (Å²) in [5.41, 5.74) is 2.43. The van der Waals surface area contributed by atoms with Crippen molar-refractivity contribution in [3.05, 3.63) is 29.0 Å². The fraction of sp³-hybridized carbons (Fsp3) is 0.455. The monoisotopic (exact) mass is 315 g/mol. The second-order valence-corrected chi connectivity index (χ2v) is 7.05. The summed E-state index contributed by atoms with van der Waals surface area (Å²) in [5, 5.41) is 8.88. The molecule has 0 saturated heterocycles. The van der Waals surface area contributed by atoms with E-state index in [1.165, 1.54) is 21.8 Å². The van der Waals surface area contributed by atoms with E-state index in [4.69, 9.17) is 0 Å². The van der Waals surface area contributed by atoms with Crippen LogP contribution in [-0.4, -0.2) is 48.1 Å². The largest absolute Gasteiger partial charge is 0.318 e. The van der Waals surface area contributed by atoms with Gasteiger partial charge in [0.25, 0.3) is 0 Å². The van der Waals surface area contributed by atoms with Crippen LogP contribution in [0.1, 0.15) is 5.69 Å². The van der Waals surface area contributed by atoms with Crippen LogP contribution < -0.4 is 5.32 Å². The third kappa shape index (κ3) is 3.42. The highest BCUT2D eigenvalue weighted by Gasteiger charge is 2.23. The maximum absolute atomic E-state index is 12.4. The summed E-state index contributed by atoms with van der Waals surface area (Å²) in [5.74, 6) is 0. The molecule has 0 bridgehead atoms. The molecule has 0 aliphatic carbocycles. The number of hydrogen-bond acceptors (Lipinski definition) is 6. The Morgan fingerprint density at radius 3 is 2.95 bits per heavy atom. The van der Waals surface area contributed by atoms with Crippen molar-refractivity contribution < 1.29 is 8.42 Å². The lowest BCUT2D eigenvalue weighted by atomic mass is 10.5. The SMILES string of the molecule is CNCCn1cc(S(=O)(=O)N(C)Cc2cscn2)cn1. The van der Waals surface area contributed by atoms with Crippen LogP contribution in [0.15, 0.2) is 28.2 Å². The minimum absolute atomic E-state index is 0.200. The second-order valence-electron chi connectivity index (χ2n) is 4.28. The normalized spacial score (nSPS) is 12.2. The van der Waals surface area contributed by atoms with Crippen molar-refractivity contribution in [3.8, 4) is 0 Å². The summed E-state index contributed by atoms with van der Waals surface area (Å²) in [6, 6.07) is 0. The minimum Gasteiger partial charge on any atom is -0.318 e. The fourth-order valence-electron chi connectivity index (χ4n) is 1.64. The molecule has 0 aliphatic rings. The molecule has 0 amide bonds. The van der Waals surface area contributed by atoms with Crippen molar-refractivity contribution in [2.75, 3.05) is 20.6 Å². The van der Waals surface area contributed by atoms with Crippen LogP contribution in [0, 0.1) is 0 Å². The van der Waals surface area contributed by atoms with Crippen LogP contribution in [0.4, 0.5) is 0 Å². The summed E-state index contributed by atoms with van der Waals surface area (Å²) < 4.78 is 27.6. The standard InChI is InChI=1S/C11H17N5O2S2/c1-12-3-4-16-7-11(5-14-16)20(17,18)15(2)6-10-8-19-9-13-10/h5,7-9,12H,3-4,6H2,1-2H3. The molecule has 9 heteroatoms. The molecule has 0 unspecified atom stereocenters. The maximum Gasteiger partial charge on any atom is 0.246 e. The third-order valence-corrected chi connectivity index (χ3v) is 5.17. The van der Waals surface area contributed by atoms with Crippen LogP contribution in [-0.2, 0) is 23.1 Å². The lowest BCUT2D eigenvalue weighted by Crippen LogP contribution is -2.26. The van der Waals surface area contributed by atoms with Gasteiger partial charge in [0.05, 0.1) is 30.5 Å². The van der Waals surface area contributed by atoms with Gasteiger partial charge in [-0.05, 0) is 7.05 Å². The molecule has 0 saturated carbocycles. The molecule has 1 N–H and O–H groups in total. The first-order chi connectivity index (χ1) is 9.54. The summed E-state index contributed by atoms with van der Waals surface area (Å²) in [7, 11) is -0.148. The minimum atomic E-state index is -3.53. The highest BCUT2D eigenvalue weighted by atomic mass is 32.2. The van der Waals surface area contributed by atoms with Gasteiger partial charge in [0.2, 0.25) is 10.0 Å². The summed E-state index contributed by atoms with van der Waals surface area (Å²) in [4.78, 5) is 4.29. The molecular weight excluding hydrogens is 298 g/mol. The number of sulfonamides is 1. The Morgan fingerprint density at radius 1 is 1.50 bits per heavy atom. The first-order valence-corrected chi connectivity index (χ1v) is 8.43. The predicted octanol–water partition coefficient (Wildman–Crippen LogP) is 0.380. The van der Waals surface area contributed by atoms with Crippen LogP contribution >= 0.6 is 11.3 Å². The lowest BCUT2D eigenvalue weighted by Gasteiger charge is -2.14. The van der Waals surface area contributed by atoms with Gasteiger partial charge >= 0.3 is 0 Å². The number of nitrogens with zero attached hydrogens (tertiary/aromatic N) is 4. The van der Waals surface area contributed by atoms with E-state index in [1.807, 2.05) is 12.4 Å². The van der Waals surface area contributed by atoms with Crippen LogP contribution in [0.3, 0.4) is 0 Å². The molecule has 0 atom stereocenters. The first kappa shape index (κ1) is 15.1. The Kier molecular flexibility index (Phi) is 4.86. The van der Waals surface area contributed by atoms with Crippen molar-refractivity contribution in [2.24, 2.45) is 0 Å². The van der Waals surface area contributed by atoms with Crippen molar-refractivity contribution >= 4 is 21.4 Å². The molecule has 2 aromatic rings. The molecule has 2 rings (SSSR count). The number of rotatable bonds is 7. The first-order valence-electron chi connectivity index (χ1n) is 6.04. The average molecular weight is 315 g/mol. The van der Waals surface area contributed by atoms with E-state index in [-0.39, 0.29) is 11.4 Å². The van der Waals surface area contributed by atoms with Gasteiger partial charge in [0.15, 0.2) is 0 Å². The Balaban J connectivity index is 2.10. The van der Waals surface area contributed by atoms with E-state index in [1.54, 1.807) is 23.4 Å². The van der Waals surface area contributed by atoms with Crippen molar-refractivity contribution in [2.45, 2.75) is 18.0 Å². The Hall–Kier alpha value is -1.29. The topological polar surface area (TPSA) is 80.1 Å². The molecular formula is C11H17N5O2S2. The Labute approximate surface area is 122 Å². The molecule has 0 aromatic carbocycles. The van der Waals surface area contributed by atoms with Crippen LogP contribution in [0.5, 0.6) is 0 Å². The molecule has 20 heavy (non-hydrogen) atoms. The quantitative estimate of drug-likeness (QED) is 0.799. The molecule has 0 spiro atoms. The number of hydrogen-bond donors (Lipinski definition) is 1. The van der Waals surface area contributed by atoms with E-state index in [0.717, 1.165) is 12.2 Å². The zero-order valence-electron chi connectivity index (χ0n) is 11.4. The molecule has 2 heterocycles. The molecule has 0 aliphatic heterocycles. The zero-order chi connectivity index (χ0) is 14.6. The van der Waals surface area contributed by atoms with Gasteiger partial charge < -0.3 is 5.32 Å². The van der Waals surface area contributed by atoms with E-state index in [0.29, 0.717) is 6.54 Å². The van der Waals surface area contributed by atoms with Crippen molar-refractivity contribution in [1.82, 2.24) is 24.4 Å². The molecule has 0 radical (unpaired) electrons. The predicted molar refractivity (Wildman–Crippen MR) is 76.9 cm³/mol. The van der Waals surface area contributed by atoms with Crippen LogP contribution in [0.25, 0.3) is 0 Å². The Bertz CT molecular complexity index is 636. The highest BCUT2D eigenvalue weighted by Crippen LogP contribution is 2.16. The molecule has 0 fully saturated rings. The van der Waals surface area contributed by atoms with E-state index in [9.17, 15) is 8.42 Å². The summed E-state index contributed by atoms with van der Waals surface area (Å²) >= 11 is 1.45. The molecule has 2 aromatic heterocycles. The second kappa shape index (κ2) is 6.44. The van der Waals surface area contributed by atoms with Gasteiger partial charge in [0.1, 0.15) is 4.90 Å². The number of nitrogens with one attached hydrogen (secondary N) is 1. The van der Waals surface area contributed by atoms with E-state index in [2.05, 4.69) is 15.4 Å². The highest BCUT2D eigenvalue weighted by molar-refractivity contribution is 7.89. The molecule has 110 valence electrons. The average Bonchev–Trinajstić information content (AvgIpc) is 3.07. The summed E-state index contributed by atoms with van der Waals surface area (Å²) in [6.07, 6.45) is 2.92. The number of likely N-dealkylation sites (N-methyl/N-ethyl adjacent to an activating group) is 1.